The summed E-state index contributed by atoms with van der Waals surface area (Å²) >= 11 is 0. The second-order valence-electron chi connectivity index (χ2n) is 3.93. The second-order valence-corrected chi connectivity index (χ2v) is 3.93. The third-order valence-corrected chi connectivity index (χ3v) is 2.37. The highest BCUT2D eigenvalue weighted by molar-refractivity contribution is 5.89. The molecule has 0 aliphatic rings. The lowest BCUT2D eigenvalue weighted by atomic mass is 10.2. The number of tetrazole rings is 1. The molecule has 1 heterocycles. The minimum atomic E-state index is -0.596. The molecule has 0 aliphatic heterocycles. The number of anilines is 2. The zero-order chi connectivity index (χ0) is 15.2. The number of benzene rings is 1. The summed E-state index contributed by atoms with van der Waals surface area (Å²) in [6.45, 7) is 1.29. The molecule has 8 nitrogen and oxygen atoms in total. The minimum absolute atomic E-state index is 0.0794. The van der Waals surface area contributed by atoms with Gasteiger partial charge in [-0.15, -0.1) is 10.2 Å². The fourth-order valence-corrected chi connectivity index (χ4v) is 1.47. The normalized spacial score (nSPS) is 10.8. The SMILES string of the molecule is CC(=O)Nc1ccc(NC=C(C#N)c2nn[nH]n2)cc1F. The van der Waals surface area contributed by atoms with E-state index in [0.29, 0.717) is 5.69 Å². The molecule has 0 aliphatic carbocycles. The van der Waals surface area contributed by atoms with Gasteiger partial charge in [0.2, 0.25) is 11.7 Å². The predicted octanol–water partition coefficient (Wildman–Crippen LogP) is 1.27. The Morgan fingerprint density at radius 3 is 2.90 bits per heavy atom. The number of aromatic amines is 1. The highest BCUT2D eigenvalue weighted by Crippen LogP contribution is 2.19. The third-order valence-electron chi connectivity index (χ3n) is 2.37. The molecular formula is C12H10FN7O. The average Bonchev–Trinajstić information content (AvgIpc) is 2.96. The van der Waals surface area contributed by atoms with Crippen molar-refractivity contribution in [2.24, 2.45) is 0 Å². The number of amides is 1. The monoisotopic (exact) mass is 287 g/mol. The van der Waals surface area contributed by atoms with E-state index in [1.165, 1.54) is 25.3 Å². The maximum Gasteiger partial charge on any atom is 0.221 e. The van der Waals surface area contributed by atoms with E-state index in [1.807, 2.05) is 6.07 Å². The first kappa shape index (κ1) is 14.1. The Morgan fingerprint density at radius 2 is 2.33 bits per heavy atom. The van der Waals surface area contributed by atoms with Crippen molar-refractivity contribution in [3.63, 3.8) is 0 Å². The molecule has 0 fully saturated rings. The van der Waals surface area contributed by atoms with Crippen LogP contribution in [0.15, 0.2) is 24.4 Å². The number of nitrogens with one attached hydrogen (secondary N) is 3. The number of hydrogen-bond donors (Lipinski definition) is 3. The Balaban J connectivity index is 2.15. The number of H-pyrrole nitrogens is 1. The van der Waals surface area contributed by atoms with Gasteiger partial charge in [-0.2, -0.15) is 10.5 Å². The Hall–Kier alpha value is -3.28. The molecule has 21 heavy (non-hydrogen) atoms. The molecule has 1 aromatic carbocycles. The fraction of sp³-hybridized carbons (Fsp3) is 0.0833. The van der Waals surface area contributed by atoms with Crippen LogP contribution in [0.5, 0.6) is 0 Å². The fourth-order valence-electron chi connectivity index (χ4n) is 1.47. The molecular weight excluding hydrogens is 277 g/mol. The number of carbonyl (C=O) groups excluding carboxylic acids is 1. The van der Waals surface area contributed by atoms with Crippen molar-refractivity contribution in [3.8, 4) is 6.07 Å². The van der Waals surface area contributed by atoms with Crippen molar-refractivity contribution < 1.29 is 9.18 Å². The van der Waals surface area contributed by atoms with E-state index in [0.717, 1.165) is 0 Å². The van der Waals surface area contributed by atoms with Crippen molar-refractivity contribution in [1.82, 2.24) is 20.6 Å². The van der Waals surface area contributed by atoms with Crippen LogP contribution in [0.2, 0.25) is 0 Å². The van der Waals surface area contributed by atoms with E-state index in [-0.39, 0.29) is 23.0 Å². The zero-order valence-corrected chi connectivity index (χ0v) is 10.9. The maximum absolute atomic E-state index is 13.7. The molecule has 3 N–H and O–H groups in total. The largest absolute Gasteiger partial charge is 0.360 e. The van der Waals surface area contributed by atoms with E-state index in [9.17, 15) is 9.18 Å². The van der Waals surface area contributed by atoms with Crippen molar-refractivity contribution >= 4 is 22.9 Å². The van der Waals surface area contributed by atoms with Crippen molar-refractivity contribution in [2.75, 3.05) is 10.6 Å². The van der Waals surface area contributed by atoms with Crippen LogP contribution in [0.3, 0.4) is 0 Å². The minimum Gasteiger partial charge on any atom is -0.360 e. The van der Waals surface area contributed by atoms with Crippen LogP contribution in [0.1, 0.15) is 12.7 Å². The zero-order valence-electron chi connectivity index (χ0n) is 10.9. The Bertz CT molecular complexity index is 718. The molecule has 0 saturated carbocycles. The lowest BCUT2D eigenvalue weighted by molar-refractivity contribution is -0.114. The third kappa shape index (κ3) is 3.60. The quantitative estimate of drug-likeness (QED) is 0.728. The number of hydrogen-bond acceptors (Lipinski definition) is 6. The molecule has 0 saturated heterocycles. The van der Waals surface area contributed by atoms with Gasteiger partial charge in [0.1, 0.15) is 17.5 Å². The van der Waals surface area contributed by atoms with E-state index in [2.05, 4.69) is 31.3 Å². The number of aromatic nitrogens is 4. The Kier molecular flexibility index (Phi) is 4.20. The summed E-state index contributed by atoms with van der Waals surface area (Å²) in [7, 11) is 0. The molecule has 106 valence electrons. The van der Waals surface area contributed by atoms with Crippen LogP contribution in [0.4, 0.5) is 15.8 Å². The molecule has 0 atom stereocenters. The maximum atomic E-state index is 13.7. The average molecular weight is 287 g/mol. The van der Waals surface area contributed by atoms with E-state index < -0.39 is 5.82 Å². The molecule has 0 bridgehead atoms. The van der Waals surface area contributed by atoms with Crippen LogP contribution < -0.4 is 10.6 Å². The lowest BCUT2D eigenvalue weighted by Gasteiger charge is -2.06. The Morgan fingerprint density at radius 1 is 1.52 bits per heavy atom. The van der Waals surface area contributed by atoms with Gasteiger partial charge in [-0.3, -0.25) is 4.79 Å². The van der Waals surface area contributed by atoms with Gasteiger partial charge in [-0.05, 0) is 23.4 Å². The first-order chi connectivity index (χ1) is 10.1. The standard InChI is InChI=1S/C12H10FN7O/c1-7(21)16-11-3-2-9(4-10(11)13)15-6-8(5-14)12-17-19-20-18-12/h2-4,6,15H,1H3,(H,16,21)(H,17,18,19,20). The van der Waals surface area contributed by atoms with Crippen LogP contribution in [0, 0.1) is 17.1 Å². The molecule has 0 unspecified atom stereocenters. The summed E-state index contributed by atoms with van der Waals surface area (Å²) in [5, 5.41) is 27.0. The summed E-state index contributed by atoms with van der Waals surface area (Å²) in [4.78, 5) is 10.9. The van der Waals surface area contributed by atoms with Gasteiger partial charge in [0.25, 0.3) is 0 Å². The number of allylic oxidation sites excluding steroid dienone is 1. The summed E-state index contributed by atoms with van der Waals surface area (Å²) in [6.07, 6.45) is 1.33. The van der Waals surface area contributed by atoms with E-state index in [4.69, 9.17) is 5.26 Å². The van der Waals surface area contributed by atoms with Crippen LogP contribution >= 0.6 is 0 Å². The Labute approximate surface area is 118 Å². The summed E-state index contributed by atoms with van der Waals surface area (Å²) in [6, 6.07) is 6.04. The van der Waals surface area contributed by atoms with Crippen molar-refractivity contribution in [1.29, 1.82) is 5.26 Å². The first-order valence-electron chi connectivity index (χ1n) is 5.78. The van der Waals surface area contributed by atoms with Gasteiger partial charge in [0.05, 0.1) is 5.69 Å². The van der Waals surface area contributed by atoms with E-state index >= 15 is 0 Å². The lowest BCUT2D eigenvalue weighted by Crippen LogP contribution is -2.07. The van der Waals surface area contributed by atoms with Crippen LogP contribution in [-0.2, 0) is 4.79 Å². The summed E-state index contributed by atoms with van der Waals surface area (Å²) < 4.78 is 13.7. The van der Waals surface area contributed by atoms with Crippen LogP contribution in [-0.4, -0.2) is 26.5 Å². The summed E-state index contributed by atoms with van der Waals surface area (Å²) in [5.74, 6) is -0.833. The van der Waals surface area contributed by atoms with Gasteiger partial charge < -0.3 is 10.6 Å². The number of nitriles is 1. The smallest absolute Gasteiger partial charge is 0.221 e. The number of nitrogens with zero attached hydrogens (tertiary/aromatic N) is 4. The highest BCUT2D eigenvalue weighted by atomic mass is 19.1. The molecule has 2 aromatic rings. The second kappa shape index (κ2) is 6.25. The number of carbonyl (C=O) groups is 1. The van der Waals surface area contributed by atoms with Crippen molar-refractivity contribution in [3.05, 3.63) is 36.0 Å². The molecule has 1 amide bonds. The van der Waals surface area contributed by atoms with Crippen LogP contribution in [0.25, 0.3) is 5.57 Å². The molecule has 0 radical (unpaired) electrons. The number of rotatable bonds is 4. The van der Waals surface area contributed by atoms with Gasteiger partial charge >= 0.3 is 0 Å². The van der Waals surface area contributed by atoms with Gasteiger partial charge in [0.15, 0.2) is 0 Å². The molecule has 1 aromatic heterocycles. The van der Waals surface area contributed by atoms with Gasteiger partial charge in [0, 0.05) is 18.8 Å². The topological polar surface area (TPSA) is 119 Å². The predicted molar refractivity (Wildman–Crippen MR) is 72.1 cm³/mol. The molecule has 9 heteroatoms. The number of halogens is 1. The van der Waals surface area contributed by atoms with Gasteiger partial charge in [-0.1, -0.05) is 0 Å². The first-order valence-corrected chi connectivity index (χ1v) is 5.78. The highest BCUT2D eigenvalue weighted by Gasteiger charge is 2.07. The van der Waals surface area contributed by atoms with E-state index in [1.54, 1.807) is 6.07 Å². The molecule has 0 spiro atoms. The van der Waals surface area contributed by atoms with Gasteiger partial charge in [-0.25, -0.2) is 4.39 Å². The van der Waals surface area contributed by atoms with Crippen molar-refractivity contribution in [2.45, 2.75) is 6.92 Å². The summed E-state index contributed by atoms with van der Waals surface area (Å²) in [5.41, 5.74) is 0.614. The molecule has 2 rings (SSSR count).